The number of benzene rings is 2. The van der Waals surface area contributed by atoms with Gasteiger partial charge in [0.25, 0.3) is 11.8 Å². The van der Waals surface area contributed by atoms with E-state index < -0.39 is 23.1 Å². The number of ether oxygens (including phenoxy) is 1. The maximum absolute atomic E-state index is 12.7. The Morgan fingerprint density at radius 3 is 2.43 bits per heavy atom. The van der Waals surface area contributed by atoms with E-state index in [2.05, 4.69) is 16.0 Å². The van der Waals surface area contributed by atoms with E-state index in [0.29, 0.717) is 22.0 Å². The highest BCUT2D eigenvalue weighted by Crippen LogP contribution is 2.27. The van der Waals surface area contributed by atoms with Crippen LogP contribution in [0.1, 0.15) is 26.3 Å². The molecule has 1 unspecified atom stereocenters. The zero-order valence-corrected chi connectivity index (χ0v) is 16.4. The van der Waals surface area contributed by atoms with Gasteiger partial charge in [-0.25, -0.2) is 4.79 Å². The maximum Gasteiger partial charge on any atom is 0.322 e. The van der Waals surface area contributed by atoms with Crippen molar-refractivity contribution in [2.24, 2.45) is 0 Å². The molecule has 0 aliphatic carbocycles. The van der Waals surface area contributed by atoms with Crippen LogP contribution in [0, 0.1) is 0 Å². The number of urea groups is 1. The van der Waals surface area contributed by atoms with Gasteiger partial charge in [0.2, 0.25) is 0 Å². The summed E-state index contributed by atoms with van der Waals surface area (Å²) in [5.74, 6) is -0.312. The van der Waals surface area contributed by atoms with Gasteiger partial charge in [-0.15, -0.1) is 0 Å². The fraction of sp³-hybridized carbons (Fsp3) is 0.250. The lowest BCUT2D eigenvalue weighted by Crippen LogP contribution is -2.43. The molecule has 2 aromatic carbocycles. The monoisotopic (exact) mass is 401 g/mol. The lowest BCUT2D eigenvalue weighted by atomic mass is 9.92. The average molecular weight is 402 g/mol. The first-order valence-corrected chi connectivity index (χ1v) is 8.98. The van der Waals surface area contributed by atoms with E-state index in [9.17, 15) is 14.4 Å². The summed E-state index contributed by atoms with van der Waals surface area (Å²) in [7, 11) is 0. The molecule has 1 aliphatic heterocycles. The SMILES string of the molecule is CC(C)(Oc1ccc(Cl)cc1)C(=O)Nc1cccc(C2(C)NC(=O)NC2=O)c1. The number of imide groups is 1. The van der Waals surface area contributed by atoms with E-state index in [1.54, 1.807) is 69.3 Å². The smallest absolute Gasteiger partial charge is 0.322 e. The minimum atomic E-state index is -1.20. The van der Waals surface area contributed by atoms with Gasteiger partial charge in [0.15, 0.2) is 5.60 Å². The Kier molecular flexibility index (Phi) is 5.04. The molecule has 0 radical (unpaired) electrons. The lowest BCUT2D eigenvalue weighted by molar-refractivity contribution is -0.128. The second-order valence-electron chi connectivity index (χ2n) is 7.13. The van der Waals surface area contributed by atoms with Crippen LogP contribution in [-0.2, 0) is 15.1 Å². The van der Waals surface area contributed by atoms with Gasteiger partial charge in [0.1, 0.15) is 11.3 Å². The molecule has 0 spiro atoms. The van der Waals surface area contributed by atoms with Crippen LogP contribution in [0.3, 0.4) is 0 Å². The topological polar surface area (TPSA) is 96.5 Å². The number of hydrogen-bond donors (Lipinski definition) is 3. The predicted molar refractivity (Wildman–Crippen MR) is 105 cm³/mol. The summed E-state index contributed by atoms with van der Waals surface area (Å²) in [6.07, 6.45) is 0. The minimum Gasteiger partial charge on any atom is -0.478 e. The molecule has 0 aromatic heterocycles. The van der Waals surface area contributed by atoms with Crippen LogP contribution in [0.2, 0.25) is 5.02 Å². The fourth-order valence-electron chi connectivity index (χ4n) is 2.78. The van der Waals surface area contributed by atoms with Crippen molar-refractivity contribution in [3.05, 3.63) is 59.1 Å². The van der Waals surface area contributed by atoms with Crippen LogP contribution in [0.5, 0.6) is 5.75 Å². The normalized spacial score (nSPS) is 19.0. The third-order valence-corrected chi connectivity index (χ3v) is 4.73. The first-order chi connectivity index (χ1) is 13.1. The van der Waals surface area contributed by atoms with Gasteiger partial charge in [-0.05, 0) is 62.7 Å². The van der Waals surface area contributed by atoms with Crippen LogP contribution in [0.15, 0.2) is 48.5 Å². The van der Waals surface area contributed by atoms with Gasteiger partial charge in [-0.1, -0.05) is 23.7 Å². The molecule has 1 heterocycles. The quantitative estimate of drug-likeness (QED) is 0.670. The predicted octanol–water partition coefficient (Wildman–Crippen LogP) is 3.19. The first-order valence-electron chi connectivity index (χ1n) is 8.60. The number of nitrogens with one attached hydrogen (secondary N) is 3. The molecule has 2 aromatic rings. The van der Waals surface area contributed by atoms with Gasteiger partial charge < -0.3 is 15.4 Å². The molecule has 0 bridgehead atoms. The maximum atomic E-state index is 12.7. The summed E-state index contributed by atoms with van der Waals surface area (Å²) < 4.78 is 5.78. The molecule has 0 saturated carbocycles. The van der Waals surface area contributed by atoms with Crippen molar-refractivity contribution in [2.45, 2.75) is 31.9 Å². The van der Waals surface area contributed by atoms with E-state index in [-0.39, 0.29) is 5.91 Å². The van der Waals surface area contributed by atoms with Crippen molar-refractivity contribution in [1.29, 1.82) is 0 Å². The van der Waals surface area contributed by atoms with E-state index in [1.807, 2.05) is 0 Å². The molecule has 8 heteroatoms. The third-order valence-electron chi connectivity index (χ3n) is 4.48. The van der Waals surface area contributed by atoms with Gasteiger partial charge >= 0.3 is 6.03 Å². The van der Waals surface area contributed by atoms with Crippen LogP contribution < -0.4 is 20.7 Å². The summed E-state index contributed by atoms with van der Waals surface area (Å²) in [6, 6.07) is 12.9. The summed E-state index contributed by atoms with van der Waals surface area (Å²) >= 11 is 5.86. The largest absolute Gasteiger partial charge is 0.478 e. The molecule has 1 saturated heterocycles. The minimum absolute atomic E-state index is 0.371. The highest BCUT2D eigenvalue weighted by molar-refractivity contribution is 6.30. The van der Waals surface area contributed by atoms with Gasteiger partial charge in [0.05, 0.1) is 0 Å². The van der Waals surface area contributed by atoms with Gasteiger partial charge in [0, 0.05) is 10.7 Å². The molecule has 1 aliphatic rings. The first kappa shape index (κ1) is 19.7. The Balaban J connectivity index is 1.76. The highest BCUT2D eigenvalue weighted by atomic mass is 35.5. The summed E-state index contributed by atoms with van der Waals surface area (Å²) in [5, 5.41) is 8.17. The molecule has 1 atom stereocenters. The molecular formula is C20H20ClN3O4. The zero-order valence-electron chi connectivity index (χ0n) is 15.6. The second kappa shape index (κ2) is 7.16. The van der Waals surface area contributed by atoms with Crippen LogP contribution >= 0.6 is 11.6 Å². The van der Waals surface area contributed by atoms with Crippen molar-refractivity contribution in [3.8, 4) is 5.75 Å². The molecule has 4 amide bonds. The van der Waals surface area contributed by atoms with Crippen molar-refractivity contribution in [3.63, 3.8) is 0 Å². The molecule has 3 N–H and O–H groups in total. The van der Waals surface area contributed by atoms with Crippen LogP contribution in [0.25, 0.3) is 0 Å². The van der Waals surface area contributed by atoms with Crippen molar-refractivity contribution < 1.29 is 19.1 Å². The zero-order chi connectivity index (χ0) is 20.5. The Morgan fingerprint density at radius 1 is 1.14 bits per heavy atom. The molecule has 7 nitrogen and oxygen atoms in total. The molecule has 28 heavy (non-hydrogen) atoms. The number of carbonyl (C=O) groups excluding carboxylic acids is 3. The second-order valence-corrected chi connectivity index (χ2v) is 7.57. The summed E-state index contributed by atoms with van der Waals surface area (Å²) in [6.45, 7) is 4.89. The fourth-order valence-corrected chi connectivity index (χ4v) is 2.91. The Labute approximate surface area is 167 Å². The third kappa shape index (κ3) is 3.94. The number of rotatable bonds is 5. The summed E-state index contributed by atoms with van der Waals surface area (Å²) in [5.41, 5.74) is -1.34. The Morgan fingerprint density at radius 2 is 1.82 bits per heavy atom. The molecular weight excluding hydrogens is 382 g/mol. The van der Waals surface area contributed by atoms with Gasteiger partial charge in [-0.3, -0.25) is 14.9 Å². The van der Waals surface area contributed by atoms with E-state index in [0.717, 1.165) is 0 Å². The van der Waals surface area contributed by atoms with E-state index >= 15 is 0 Å². The van der Waals surface area contributed by atoms with Crippen molar-refractivity contribution in [1.82, 2.24) is 10.6 Å². The molecule has 3 rings (SSSR count). The number of halogens is 1. The standard InChI is InChI=1S/C20H20ClN3O4/c1-19(2,28-15-9-7-13(21)8-10-15)16(25)22-14-6-4-5-12(11-14)20(3)17(26)23-18(27)24-20/h4-11H,1-3H3,(H,22,25)(H2,23,24,26,27). The number of amides is 4. The number of anilines is 1. The van der Waals surface area contributed by atoms with Crippen LogP contribution in [0.4, 0.5) is 10.5 Å². The highest BCUT2D eigenvalue weighted by Gasteiger charge is 2.43. The Bertz CT molecular complexity index is 943. The van der Waals surface area contributed by atoms with Crippen molar-refractivity contribution >= 4 is 35.1 Å². The van der Waals surface area contributed by atoms with Gasteiger partial charge in [-0.2, -0.15) is 0 Å². The van der Waals surface area contributed by atoms with Crippen molar-refractivity contribution in [2.75, 3.05) is 5.32 Å². The molecule has 1 fully saturated rings. The number of carbonyl (C=O) groups is 3. The average Bonchev–Trinajstić information content (AvgIpc) is 2.90. The number of hydrogen-bond acceptors (Lipinski definition) is 4. The molecule has 146 valence electrons. The van der Waals surface area contributed by atoms with E-state index in [1.165, 1.54) is 0 Å². The van der Waals surface area contributed by atoms with E-state index in [4.69, 9.17) is 16.3 Å². The summed E-state index contributed by atoms with van der Waals surface area (Å²) in [4.78, 5) is 36.3. The lowest BCUT2D eigenvalue weighted by Gasteiger charge is -2.26. The van der Waals surface area contributed by atoms with Crippen LogP contribution in [-0.4, -0.2) is 23.4 Å². The Hall–Kier alpha value is -3.06.